The predicted octanol–water partition coefficient (Wildman–Crippen LogP) is 3.07. The van der Waals surface area contributed by atoms with Crippen molar-refractivity contribution < 1.29 is 19.0 Å². The maximum Gasteiger partial charge on any atom is 0.161 e. The van der Waals surface area contributed by atoms with Crippen LogP contribution in [0.2, 0.25) is 0 Å². The summed E-state index contributed by atoms with van der Waals surface area (Å²) >= 11 is 0. The molecule has 5 nitrogen and oxygen atoms in total. The molecule has 0 amide bonds. The molecule has 0 bridgehead atoms. The van der Waals surface area contributed by atoms with E-state index in [-0.39, 0.29) is 18.7 Å². The molecule has 0 radical (unpaired) electrons. The van der Waals surface area contributed by atoms with E-state index in [9.17, 15) is 5.11 Å². The van der Waals surface area contributed by atoms with Gasteiger partial charge in [0.05, 0.1) is 33.1 Å². The summed E-state index contributed by atoms with van der Waals surface area (Å²) in [4.78, 5) is 0. The number of nitrogens with one attached hydrogen (secondary N) is 1. The van der Waals surface area contributed by atoms with Crippen molar-refractivity contribution in [3.63, 3.8) is 0 Å². The average Bonchev–Trinajstić information content (AvgIpc) is 3.09. The highest BCUT2D eigenvalue weighted by Gasteiger charge is 2.19. The third-order valence-corrected chi connectivity index (χ3v) is 3.69. The summed E-state index contributed by atoms with van der Waals surface area (Å²) in [6.45, 7) is 2.06. The fourth-order valence-corrected chi connectivity index (χ4v) is 2.48. The van der Waals surface area contributed by atoms with Gasteiger partial charge in [-0.25, -0.2) is 0 Å². The van der Waals surface area contributed by atoms with Crippen LogP contribution < -0.4 is 14.8 Å². The van der Waals surface area contributed by atoms with Crippen molar-refractivity contribution in [3.05, 3.63) is 47.9 Å². The van der Waals surface area contributed by atoms with Crippen LogP contribution in [-0.4, -0.2) is 25.9 Å². The van der Waals surface area contributed by atoms with Gasteiger partial charge in [0.15, 0.2) is 11.5 Å². The fraction of sp³-hybridized carbons (Fsp3) is 0.412. The molecule has 0 aliphatic carbocycles. The second-order valence-electron chi connectivity index (χ2n) is 4.99. The number of benzene rings is 1. The molecular formula is C17H23NO4. The van der Waals surface area contributed by atoms with Crippen molar-refractivity contribution in [1.82, 2.24) is 5.32 Å². The Balaban J connectivity index is 2.20. The molecule has 120 valence electrons. The first-order valence-corrected chi connectivity index (χ1v) is 7.35. The smallest absolute Gasteiger partial charge is 0.161 e. The summed E-state index contributed by atoms with van der Waals surface area (Å²) in [7, 11) is 3.24. The van der Waals surface area contributed by atoms with E-state index >= 15 is 0 Å². The van der Waals surface area contributed by atoms with E-state index in [0.29, 0.717) is 11.5 Å². The average molecular weight is 305 g/mol. The summed E-state index contributed by atoms with van der Waals surface area (Å²) in [5, 5.41) is 13.0. The highest BCUT2D eigenvalue weighted by molar-refractivity contribution is 5.43. The molecule has 0 spiro atoms. The van der Waals surface area contributed by atoms with Gasteiger partial charge in [-0.05, 0) is 36.2 Å². The Kier molecular flexibility index (Phi) is 5.86. The Bertz CT molecular complexity index is 568. The molecule has 0 aliphatic rings. The molecule has 2 aromatic rings. The van der Waals surface area contributed by atoms with Crippen LogP contribution in [0.5, 0.6) is 11.5 Å². The van der Waals surface area contributed by atoms with Crippen molar-refractivity contribution in [3.8, 4) is 11.5 Å². The van der Waals surface area contributed by atoms with E-state index in [1.807, 2.05) is 30.3 Å². The Morgan fingerprint density at radius 3 is 2.45 bits per heavy atom. The van der Waals surface area contributed by atoms with Crippen LogP contribution in [0.15, 0.2) is 41.0 Å². The van der Waals surface area contributed by atoms with Gasteiger partial charge in [-0.15, -0.1) is 0 Å². The zero-order chi connectivity index (χ0) is 15.9. The molecular weight excluding hydrogens is 282 g/mol. The second-order valence-corrected chi connectivity index (χ2v) is 4.99. The van der Waals surface area contributed by atoms with Crippen molar-refractivity contribution in [2.24, 2.45) is 0 Å². The SMILES string of the molecule is CCC(NC(CO)c1ccco1)c1ccc(OC)c(OC)c1. The zero-order valence-electron chi connectivity index (χ0n) is 13.2. The van der Waals surface area contributed by atoms with Crippen molar-refractivity contribution in [2.45, 2.75) is 25.4 Å². The summed E-state index contributed by atoms with van der Waals surface area (Å²) in [6, 6.07) is 9.34. The predicted molar refractivity (Wildman–Crippen MR) is 84.2 cm³/mol. The maximum absolute atomic E-state index is 9.60. The van der Waals surface area contributed by atoms with Gasteiger partial charge in [0.25, 0.3) is 0 Å². The van der Waals surface area contributed by atoms with E-state index in [0.717, 1.165) is 17.7 Å². The van der Waals surface area contributed by atoms with Crippen LogP contribution in [0.4, 0.5) is 0 Å². The maximum atomic E-state index is 9.60. The van der Waals surface area contributed by atoms with Gasteiger partial charge >= 0.3 is 0 Å². The van der Waals surface area contributed by atoms with E-state index in [1.165, 1.54) is 0 Å². The Morgan fingerprint density at radius 2 is 1.91 bits per heavy atom. The van der Waals surface area contributed by atoms with Crippen molar-refractivity contribution >= 4 is 0 Å². The molecule has 1 aromatic heterocycles. The number of hydrogen-bond donors (Lipinski definition) is 2. The van der Waals surface area contributed by atoms with Gasteiger partial charge in [-0.2, -0.15) is 0 Å². The first-order chi connectivity index (χ1) is 10.7. The highest BCUT2D eigenvalue weighted by Crippen LogP contribution is 2.31. The monoisotopic (exact) mass is 305 g/mol. The quantitative estimate of drug-likeness (QED) is 0.784. The molecule has 5 heteroatoms. The number of hydrogen-bond acceptors (Lipinski definition) is 5. The first kappa shape index (κ1) is 16.4. The molecule has 2 unspecified atom stereocenters. The van der Waals surface area contributed by atoms with Crippen LogP contribution in [0.1, 0.15) is 36.8 Å². The van der Waals surface area contributed by atoms with Crippen molar-refractivity contribution in [1.29, 1.82) is 0 Å². The standard InChI is InChI=1S/C17H23NO4/c1-4-13(18-14(11-19)15-6-5-9-22-15)12-7-8-16(20-2)17(10-12)21-3/h5-10,13-14,18-19H,4,11H2,1-3H3. The third kappa shape index (κ3) is 3.61. The minimum absolute atomic E-state index is 0.0305. The molecule has 2 rings (SSSR count). The minimum atomic E-state index is -0.243. The largest absolute Gasteiger partial charge is 0.493 e. The van der Waals surface area contributed by atoms with Gasteiger partial charge in [-0.3, -0.25) is 5.32 Å². The lowest BCUT2D eigenvalue weighted by Crippen LogP contribution is -2.28. The summed E-state index contributed by atoms with van der Waals surface area (Å²) in [5.41, 5.74) is 1.07. The molecule has 1 heterocycles. The topological polar surface area (TPSA) is 63.9 Å². The van der Waals surface area contributed by atoms with Gasteiger partial charge in [0.2, 0.25) is 0 Å². The lowest BCUT2D eigenvalue weighted by Gasteiger charge is -2.23. The molecule has 2 atom stereocenters. The Labute approximate surface area is 130 Å². The van der Waals surface area contributed by atoms with E-state index < -0.39 is 0 Å². The van der Waals surface area contributed by atoms with Crippen LogP contribution >= 0.6 is 0 Å². The minimum Gasteiger partial charge on any atom is -0.493 e. The van der Waals surface area contributed by atoms with Gasteiger partial charge in [-0.1, -0.05) is 13.0 Å². The van der Waals surface area contributed by atoms with Crippen LogP contribution in [0, 0.1) is 0 Å². The number of aliphatic hydroxyl groups is 1. The van der Waals surface area contributed by atoms with Gasteiger partial charge < -0.3 is 19.0 Å². The number of methoxy groups -OCH3 is 2. The zero-order valence-corrected chi connectivity index (χ0v) is 13.2. The molecule has 1 aromatic carbocycles. The molecule has 2 N–H and O–H groups in total. The summed E-state index contributed by atoms with van der Waals surface area (Å²) in [5.74, 6) is 2.12. The van der Waals surface area contributed by atoms with E-state index in [2.05, 4.69) is 12.2 Å². The molecule has 0 fully saturated rings. The molecule has 0 saturated heterocycles. The normalized spacial score (nSPS) is 13.6. The van der Waals surface area contributed by atoms with Crippen molar-refractivity contribution in [2.75, 3.05) is 20.8 Å². The number of ether oxygens (including phenoxy) is 2. The van der Waals surface area contributed by atoms with Gasteiger partial charge in [0, 0.05) is 6.04 Å². The van der Waals surface area contributed by atoms with Crippen LogP contribution in [0.3, 0.4) is 0 Å². The highest BCUT2D eigenvalue weighted by atomic mass is 16.5. The van der Waals surface area contributed by atoms with Crippen LogP contribution in [-0.2, 0) is 0 Å². The number of rotatable bonds is 8. The third-order valence-electron chi connectivity index (χ3n) is 3.69. The molecule has 0 aliphatic heterocycles. The summed E-state index contributed by atoms with van der Waals surface area (Å²) < 4.78 is 16.0. The Morgan fingerprint density at radius 1 is 1.14 bits per heavy atom. The van der Waals surface area contributed by atoms with E-state index in [4.69, 9.17) is 13.9 Å². The number of furan rings is 1. The van der Waals surface area contributed by atoms with E-state index in [1.54, 1.807) is 20.5 Å². The Hall–Kier alpha value is -1.98. The summed E-state index contributed by atoms with van der Waals surface area (Å²) in [6.07, 6.45) is 2.48. The van der Waals surface area contributed by atoms with Gasteiger partial charge in [0.1, 0.15) is 5.76 Å². The second kappa shape index (κ2) is 7.87. The van der Waals surface area contributed by atoms with Crippen LogP contribution in [0.25, 0.3) is 0 Å². The number of aliphatic hydroxyl groups excluding tert-OH is 1. The lowest BCUT2D eigenvalue weighted by atomic mass is 10.0. The first-order valence-electron chi connectivity index (χ1n) is 7.35. The fourth-order valence-electron chi connectivity index (χ4n) is 2.48. The molecule has 0 saturated carbocycles. The lowest BCUT2D eigenvalue weighted by molar-refractivity contribution is 0.213. The molecule has 22 heavy (non-hydrogen) atoms.